The average molecular weight is 499 g/mol. The summed E-state index contributed by atoms with van der Waals surface area (Å²) >= 11 is 0. The Labute approximate surface area is 204 Å². The predicted octanol–water partition coefficient (Wildman–Crippen LogP) is 2.38. The van der Waals surface area contributed by atoms with Crippen LogP contribution in [0.25, 0.3) is 11.0 Å². The molecule has 3 N–H and O–H groups in total. The number of nitrogens with zero attached hydrogens (tertiary/aromatic N) is 5. The number of rotatable bonds is 7. The Morgan fingerprint density at radius 3 is 2.37 bits per heavy atom. The molecule has 5 rings (SSSR count). The summed E-state index contributed by atoms with van der Waals surface area (Å²) in [6.07, 6.45) is 4.86. The number of hydrogen-bond acceptors (Lipinski definition) is 9. The molecule has 0 bridgehead atoms. The molecule has 0 atom stereocenters. The van der Waals surface area contributed by atoms with Crippen molar-refractivity contribution in [1.29, 1.82) is 0 Å². The molecule has 2 aromatic heterocycles. The van der Waals surface area contributed by atoms with Crippen LogP contribution in [-0.4, -0.2) is 78.9 Å². The van der Waals surface area contributed by atoms with Crippen molar-refractivity contribution in [1.82, 2.24) is 25.1 Å². The number of amides is 1. The van der Waals surface area contributed by atoms with Crippen molar-refractivity contribution in [2.45, 2.75) is 36.8 Å². The Morgan fingerprint density at radius 1 is 1.09 bits per heavy atom. The maximum atomic E-state index is 12.2. The van der Waals surface area contributed by atoms with Crippen LogP contribution in [0, 0.1) is 5.92 Å². The summed E-state index contributed by atoms with van der Waals surface area (Å²) in [7, 11) is 0.110. The van der Waals surface area contributed by atoms with Crippen molar-refractivity contribution in [3.63, 3.8) is 0 Å². The van der Waals surface area contributed by atoms with Crippen molar-refractivity contribution in [2.24, 2.45) is 5.92 Å². The first kappa shape index (κ1) is 23.3. The number of nitrogens with one attached hydrogen (secondary N) is 3. The van der Waals surface area contributed by atoms with Gasteiger partial charge in [-0.25, -0.2) is 8.42 Å². The van der Waals surface area contributed by atoms with Crippen LogP contribution in [0.2, 0.25) is 0 Å². The lowest BCUT2D eigenvalue weighted by Crippen LogP contribution is -2.40. The molecule has 3 heterocycles. The summed E-state index contributed by atoms with van der Waals surface area (Å²) in [5.74, 6) is 1.10. The van der Waals surface area contributed by atoms with Crippen LogP contribution < -0.4 is 15.5 Å². The molecule has 35 heavy (non-hydrogen) atoms. The van der Waals surface area contributed by atoms with E-state index in [1.165, 1.54) is 0 Å². The van der Waals surface area contributed by atoms with E-state index in [0.29, 0.717) is 17.2 Å². The molecule has 2 fully saturated rings. The highest BCUT2D eigenvalue weighted by Gasteiger charge is 2.28. The fraction of sp³-hybridized carbons (Fsp3) is 0.478. The van der Waals surface area contributed by atoms with E-state index in [1.807, 2.05) is 38.4 Å². The summed E-state index contributed by atoms with van der Waals surface area (Å²) in [6.45, 7) is 1.68. The quantitative estimate of drug-likeness (QED) is 0.448. The molecule has 1 saturated carbocycles. The summed E-state index contributed by atoms with van der Waals surface area (Å²) in [6, 6.07) is 8.27. The molecule has 2 aliphatic rings. The summed E-state index contributed by atoms with van der Waals surface area (Å²) in [5, 5.41) is 13.6. The van der Waals surface area contributed by atoms with E-state index in [2.05, 4.69) is 35.7 Å². The van der Waals surface area contributed by atoms with Gasteiger partial charge < -0.3 is 20.4 Å². The highest BCUT2D eigenvalue weighted by Crippen LogP contribution is 2.32. The summed E-state index contributed by atoms with van der Waals surface area (Å²) in [4.78, 5) is 25.2. The minimum Gasteiger partial charge on any atom is -0.371 e. The van der Waals surface area contributed by atoms with Crippen molar-refractivity contribution < 1.29 is 13.2 Å². The monoisotopic (exact) mass is 498 g/mol. The Kier molecular flexibility index (Phi) is 5.99. The Bertz CT molecular complexity index is 1340. The molecule has 11 nitrogen and oxygen atoms in total. The molecule has 12 heteroatoms. The number of benzene rings is 1. The van der Waals surface area contributed by atoms with Crippen molar-refractivity contribution in [2.75, 3.05) is 49.0 Å². The maximum Gasteiger partial charge on any atom is 0.231 e. The largest absolute Gasteiger partial charge is 0.371 e. The number of sulfone groups is 1. The molecule has 1 aliphatic carbocycles. The van der Waals surface area contributed by atoms with Crippen LogP contribution in [0.1, 0.15) is 25.7 Å². The van der Waals surface area contributed by atoms with Gasteiger partial charge in [0.05, 0.1) is 0 Å². The van der Waals surface area contributed by atoms with Gasteiger partial charge in [0, 0.05) is 56.8 Å². The minimum atomic E-state index is -3.51. The predicted molar refractivity (Wildman–Crippen MR) is 135 cm³/mol. The lowest BCUT2D eigenvalue weighted by Gasteiger charge is -2.34. The minimum absolute atomic E-state index is 0.0163. The smallest absolute Gasteiger partial charge is 0.231 e. The number of fused-ring (bicyclic) bond motifs is 1. The molecule has 0 spiro atoms. The third-order valence-electron chi connectivity index (χ3n) is 6.44. The number of carbonyl (C=O) groups excluding carboxylic acids is 1. The third-order valence-corrected chi connectivity index (χ3v) is 7.48. The fourth-order valence-corrected chi connectivity index (χ4v) is 5.15. The lowest BCUT2D eigenvalue weighted by atomic mass is 9.95. The Balaban J connectivity index is 1.32. The number of carbonyl (C=O) groups is 1. The number of piperidine rings is 1. The van der Waals surface area contributed by atoms with Crippen LogP contribution >= 0.6 is 0 Å². The Hall–Kier alpha value is -3.41. The van der Waals surface area contributed by atoms with Gasteiger partial charge in [0.2, 0.25) is 11.9 Å². The first-order valence-electron chi connectivity index (χ1n) is 11.7. The number of H-pyrrole nitrogens is 1. The number of hydrogen-bond donors (Lipinski definition) is 3. The molecule has 3 aromatic rings. The second-order valence-corrected chi connectivity index (χ2v) is 11.5. The number of aromatic nitrogens is 4. The van der Waals surface area contributed by atoms with Gasteiger partial charge in [-0.2, -0.15) is 15.1 Å². The molecule has 1 saturated heterocycles. The topological polar surface area (TPSA) is 136 Å². The van der Waals surface area contributed by atoms with E-state index >= 15 is 0 Å². The molecule has 186 valence electrons. The highest BCUT2D eigenvalue weighted by molar-refractivity contribution is 7.90. The van der Waals surface area contributed by atoms with E-state index in [1.54, 1.807) is 4.90 Å². The normalized spacial score (nSPS) is 16.9. The fourth-order valence-electron chi connectivity index (χ4n) is 4.38. The highest BCUT2D eigenvalue weighted by atomic mass is 32.2. The second kappa shape index (κ2) is 8.99. The van der Waals surface area contributed by atoms with Crippen molar-refractivity contribution in [3.8, 4) is 0 Å². The zero-order chi connectivity index (χ0) is 24.7. The van der Waals surface area contributed by atoms with Gasteiger partial charge in [-0.15, -0.1) is 0 Å². The van der Waals surface area contributed by atoms with Crippen LogP contribution in [-0.2, 0) is 14.6 Å². The van der Waals surface area contributed by atoms with Crippen LogP contribution in [0.3, 0.4) is 0 Å². The summed E-state index contributed by atoms with van der Waals surface area (Å²) < 4.78 is 24.4. The van der Waals surface area contributed by atoms with Crippen molar-refractivity contribution >= 4 is 49.9 Å². The van der Waals surface area contributed by atoms with E-state index < -0.39 is 9.84 Å². The van der Waals surface area contributed by atoms with Gasteiger partial charge in [0.1, 0.15) is 11.2 Å². The standard InChI is InChI=1S/C23H30N8O3S/c1-30(2)22(32)14-10-12-31(13-11-14)17-8-6-16(7-9-17)25-23-26-19(24-15-4-5-15)18-20(27-23)28-29-21(18)35(3,33)34/h6-9,14-15H,4-5,10-13H2,1-3H3,(H3,24,25,26,27,28,29). The number of anilines is 4. The Morgan fingerprint density at radius 2 is 1.77 bits per heavy atom. The van der Waals surface area contributed by atoms with E-state index in [9.17, 15) is 13.2 Å². The molecule has 0 unspecified atom stereocenters. The van der Waals surface area contributed by atoms with Crippen LogP contribution in [0.5, 0.6) is 0 Å². The maximum absolute atomic E-state index is 12.2. The van der Waals surface area contributed by atoms with Gasteiger partial charge >= 0.3 is 0 Å². The van der Waals surface area contributed by atoms with Crippen LogP contribution in [0.15, 0.2) is 29.3 Å². The zero-order valence-corrected chi connectivity index (χ0v) is 20.9. The van der Waals surface area contributed by atoms with Crippen LogP contribution in [0.4, 0.5) is 23.1 Å². The molecular formula is C23H30N8O3S. The van der Waals surface area contributed by atoms with Gasteiger partial charge in [-0.3, -0.25) is 9.89 Å². The lowest BCUT2D eigenvalue weighted by molar-refractivity contribution is -0.133. The van der Waals surface area contributed by atoms with E-state index in [-0.39, 0.29) is 28.5 Å². The number of aromatic amines is 1. The molecule has 1 amide bonds. The zero-order valence-electron chi connectivity index (χ0n) is 20.1. The van der Waals surface area contributed by atoms with Gasteiger partial charge in [0.15, 0.2) is 20.5 Å². The molecular weight excluding hydrogens is 468 g/mol. The first-order chi connectivity index (χ1) is 16.7. The molecule has 1 aliphatic heterocycles. The SMILES string of the molecule is CN(C)C(=O)C1CCN(c2ccc(Nc3nc(NC4CC4)c4c(S(C)(=O)=O)[nH]nc4n3)cc2)CC1. The van der Waals surface area contributed by atoms with E-state index in [0.717, 1.165) is 56.4 Å². The molecule has 0 radical (unpaired) electrons. The summed E-state index contributed by atoms with van der Waals surface area (Å²) in [5.41, 5.74) is 2.20. The second-order valence-electron chi connectivity index (χ2n) is 9.50. The van der Waals surface area contributed by atoms with Gasteiger partial charge in [0.25, 0.3) is 0 Å². The average Bonchev–Trinajstić information content (AvgIpc) is 3.53. The van der Waals surface area contributed by atoms with Gasteiger partial charge in [-0.05, 0) is 49.9 Å². The first-order valence-corrected chi connectivity index (χ1v) is 13.6. The van der Waals surface area contributed by atoms with Gasteiger partial charge in [-0.1, -0.05) is 0 Å². The van der Waals surface area contributed by atoms with E-state index in [4.69, 9.17) is 0 Å². The third kappa shape index (κ3) is 5.02. The molecule has 1 aromatic carbocycles. The van der Waals surface area contributed by atoms with Crippen molar-refractivity contribution in [3.05, 3.63) is 24.3 Å².